The Bertz CT molecular complexity index is 390. The summed E-state index contributed by atoms with van der Waals surface area (Å²) in [4.78, 5) is 21.6. The molecule has 0 saturated carbocycles. The van der Waals surface area contributed by atoms with E-state index in [2.05, 4.69) is 20.7 Å². The van der Waals surface area contributed by atoms with Crippen LogP contribution in [-0.2, 0) is 4.79 Å². The predicted octanol–water partition coefficient (Wildman–Crippen LogP) is -0.204. The molecule has 0 aromatic carbocycles. The SMILES string of the molecule is NNc1cncc(NCC(=O)N2CCCC2)n1. The predicted molar refractivity (Wildman–Crippen MR) is 64.1 cm³/mol. The Morgan fingerprint density at radius 1 is 1.35 bits per heavy atom. The van der Waals surface area contributed by atoms with Gasteiger partial charge in [-0.3, -0.25) is 9.78 Å². The molecule has 0 radical (unpaired) electrons. The molecular weight excluding hydrogens is 220 g/mol. The van der Waals surface area contributed by atoms with Crippen LogP contribution >= 0.6 is 0 Å². The number of carbonyl (C=O) groups is 1. The highest BCUT2D eigenvalue weighted by Crippen LogP contribution is 2.08. The van der Waals surface area contributed by atoms with E-state index in [0.717, 1.165) is 25.9 Å². The first-order chi connectivity index (χ1) is 8.29. The van der Waals surface area contributed by atoms with E-state index < -0.39 is 0 Å². The van der Waals surface area contributed by atoms with Crippen LogP contribution in [0.3, 0.4) is 0 Å². The fourth-order valence-corrected chi connectivity index (χ4v) is 1.77. The van der Waals surface area contributed by atoms with Gasteiger partial charge in [0.1, 0.15) is 5.82 Å². The summed E-state index contributed by atoms with van der Waals surface area (Å²) in [5, 5.41) is 2.94. The lowest BCUT2D eigenvalue weighted by atomic mass is 10.4. The van der Waals surface area contributed by atoms with Crippen molar-refractivity contribution in [3.05, 3.63) is 12.4 Å². The number of nitrogen functional groups attached to an aromatic ring is 1. The van der Waals surface area contributed by atoms with Crippen molar-refractivity contribution >= 4 is 17.5 Å². The molecule has 2 heterocycles. The quantitative estimate of drug-likeness (QED) is 0.495. The Kier molecular flexibility index (Phi) is 3.71. The number of nitrogens with one attached hydrogen (secondary N) is 2. The average Bonchev–Trinajstić information content (AvgIpc) is 2.90. The van der Waals surface area contributed by atoms with Crippen LogP contribution in [0, 0.1) is 0 Å². The summed E-state index contributed by atoms with van der Waals surface area (Å²) >= 11 is 0. The van der Waals surface area contributed by atoms with Crippen molar-refractivity contribution in [2.24, 2.45) is 5.84 Å². The van der Waals surface area contributed by atoms with E-state index in [9.17, 15) is 4.79 Å². The normalized spacial score (nSPS) is 14.8. The van der Waals surface area contributed by atoms with E-state index in [4.69, 9.17) is 5.84 Å². The topological polar surface area (TPSA) is 96.2 Å². The Labute approximate surface area is 99.4 Å². The molecule has 1 aliphatic heterocycles. The number of nitrogens with two attached hydrogens (primary N) is 1. The maximum absolute atomic E-state index is 11.7. The van der Waals surface area contributed by atoms with Crippen LogP contribution in [0.25, 0.3) is 0 Å². The van der Waals surface area contributed by atoms with Crippen LogP contribution in [0.1, 0.15) is 12.8 Å². The molecule has 1 aliphatic rings. The van der Waals surface area contributed by atoms with Crippen LogP contribution < -0.4 is 16.6 Å². The van der Waals surface area contributed by atoms with Gasteiger partial charge in [-0.2, -0.15) is 0 Å². The molecule has 1 fully saturated rings. The fourth-order valence-electron chi connectivity index (χ4n) is 1.77. The third-order valence-electron chi connectivity index (χ3n) is 2.66. The molecule has 7 nitrogen and oxygen atoms in total. The number of rotatable bonds is 4. The molecular formula is C10H16N6O. The van der Waals surface area contributed by atoms with Crippen molar-refractivity contribution in [1.82, 2.24) is 14.9 Å². The van der Waals surface area contributed by atoms with Crippen molar-refractivity contribution in [3.8, 4) is 0 Å². The van der Waals surface area contributed by atoms with Crippen molar-refractivity contribution in [2.75, 3.05) is 30.4 Å². The second-order valence-corrected chi connectivity index (χ2v) is 3.88. The van der Waals surface area contributed by atoms with E-state index in [0.29, 0.717) is 11.6 Å². The van der Waals surface area contributed by atoms with E-state index in [1.807, 2.05) is 4.90 Å². The van der Waals surface area contributed by atoms with Gasteiger partial charge in [0.25, 0.3) is 0 Å². The third kappa shape index (κ3) is 3.04. The first kappa shape index (κ1) is 11.6. The molecule has 0 atom stereocenters. The van der Waals surface area contributed by atoms with Gasteiger partial charge in [0.2, 0.25) is 5.91 Å². The Balaban J connectivity index is 1.86. The van der Waals surface area contributed by atoms with Gasteiger partial charge in [-0.15, -0.1) is 0 Å². The van der Waals surface area contributed by atoms with Crippen LogP contribution in [-0.4, -0.2) is 40.4 Å². The third-order valence-corrected chi connectivity index (χ3v) is 2.66. The standard InChI is InChI=1S/C10H16N6O/c11-15-9-6-12-5-8(14-9)13-7-10(17)16-3-1-2-4-16/h5-6H,1-4,7,11H2,(H2,13,14,15). The number of likely N-dealkylation sites (tertiary alicyclic amines) is 1. The van der Waals surface area contributed by atoms with Gasteiger partial charge < -0.3 is 15.6 Å². The Morgan fingerprint density at radius 3 is 2.76 bits per heavy atom. The molecule has 1 saturated heterocycles. The maximum atomic E-state index is 11.7. The van der Waals surface area contributed by atoms with E-state index in [-0.39, 0.29) is 12.5 Å². The second-order valence-electron chi connectivity index (χ2n) is 3.88. The van der Waals surface area contributed by atoms with Crippen molar-refractivity contribution in [1.29, 1.82) is 0 Å². The molecule has 0 spiro atoms. The van der Waals surface area contributed by atoms with Gasteiger partial charge in [-0.05, 0) is 12.8 Å². The van der Waals surface area contributed by atoms with Gasteiger partial charge >= 0.3 is 0 Å². The Morgan fingerprint density at radius 2 is 2.06 bits per heavy atom. The number of hydrazine groups is 1. The molecule has 2 rings (SSSR count). The number of hydrogen-bond donors (Lipinski definition) is 3. The van der Waals surface area contributed by atoms with Crippen molar-refractivity contribution in [3.63, 3.8) is 0 Å². The molecule has 0 aliphatic carbocycles. The molecule has 92 valence electrons. The van der Waals surface area contributed by atoms with Gasteiger partial charge in [0.05, 0.1) is 18.9 Å². The van der Waals surface area contributed by atoms with Crippen LogP contribution in [0.2, 0.25) is 0 Å². The monoisotopic (exact) mass is 236 g/mol. The summed E-state index contributed by atoms with van der Waals surface area (Å²) in [7, 11) is 0. The first-order valence-corrected chi connectivity index (χ1v) is 5.60. The average molecular weight is 236 g/mol. The molecule has 1 aromatic heterocycles. The smallest absolute Gasteiger partial charge is 0.241 e. The highest BCUT2D eigenvalue weighted by molar-refractivity contribution is 5.80. The number of amides is 1. The number of aromatic nitrogens is 2. The van der Waals surface area contributed by atoms with Gasteiger partial charge in [-0.1, -0.05) is 0 Å². The molecule has 1 aromatic rings. The molecule has 1 amide bonds. The molecule has 4 N–H and O–H groups in total. The molecule has 0 unspecified atom stereocenters. The second kappa shape index (κ2) is 5.44. The zero-order valence-corrected chi connectivity index (χ0v) is 9.52. The summed E-state index contributed by atoms with van der Waals surface area (Å²) in [5.41, 5.74) is 2.40. The van der Waals surface area contributed by atoms with Crippen LogP contribution in [0.4, 0.5) is 11.6 Å². The minimum atomic E-state index is 0.0930. The highest BCUT2D eigenvalue weighted by atomic mass is 16.2. The summed E-state index contributed by atoms with van der Waals surface area (Å²) in [6, 6.07) is 0. The summed E-state index contributed by atoms with van der Waals surface area (Å²) in [6.45, 7) is 1.95. The molecule has 17 heavy (non-hydrogen) atoms. The number of carbonyl (C=O) groups excluding carboxylic acids is 1. The Hall–Kier alpha value is -1.89. The molecule has 0 bridgehead atoms. The summed E-state index contributed by atoms with van der Waals surface area (Å²) in [5.74, 6) is 6.31. The first-order valence-electron chi connectivity index (χ1n) is 5.60. The van der Waals surface area contributed by atoms with Gasteiger partial charge in [-0.25, -0.2) is 10.8 Å². The summed E-state index contributed by atoms with van der Waals surface area (Å²) < 4.78 is 0. The van der Waals surface area contributed by atoms with Crippen LogP contribution in [0.15, 0.2) is 12.4 Å². The van der Waals surface area contributed by atoms with E-state index >= 15 is 0 Å². The minimum absolute atomic E-state index is 0.0930. The van der Waals surface area contributed by atoms with Crippen LogP contribution in [0.5, 0.6) is 0 Å². The van der Waals surface area contributed by atoms with E-state index in [1.54, 1.807) is 6.20 Å². The lowest BCUT2D eigenvalue weighted by Crippen LogP contribution is -2.33. The fraction of sp³-hybridized carbons (Fsp3) is 0.500. The van der Waals surface area contributed by atoms with Gasteiger partial charge in [0, 0.05) is 13.1 Å². The van der Waals surface area contributed by atoms with Crippen molar-refractivity contribution in [2.45, 2.75) is 12.8 Å². The largest absolute Gasteiger partial charge is 0.360 e. The lowest BCUT2D eigenvalue weighted by molar-refractivity contribution is -0.128. The molecule has 7 heteroatoms. The summed E-state index contributed by atoms with van der Waals surface area (Å²) in [6.07, 6.45) is 5.25. The maximum Gasteiger partial charge on any atom is 0.241 e. The zero-order valence-electron chi connectivity index (χ0n) is 9.52. The lowest BCUT2D eigenvalue weighted by Gasteiger charge is -2.15. The van der Waals surface area contributed by atoms with E-state index in [1.165, 1.54) is 6.20 Å². The number of anilines is 2. The number of nitrogens with zero attached hydrogens (tertiary/aromatic N) is 3. The van der Waals surface area contributed by atoms with Gasteiger partial charge in [0.15, 0.2) is 5.82 Å². The zero-order chi connectivity index (χ0) is 12.1. The van der Waals surface area contributed by atoms with Crippen molar-refractivity contribution < 1.29 is 4.79 Å². The minimum Gasteiger partial charge on any atom is -0.360 e. The highest BCUT2D eigenvalue weighted by Gasteiger charge is 2.17. The number of hydrogen-bond acceptors (Lipinski definition) is 6.